The first-order valence-electron chi connectivity index (χ1n) is 6.89. The highest BCUT2D eigenvalue weighted by molar-refractivity contribution is 7.14. The maximum atomic E-state index is 12.2. The number of nitrogens with one attached hydrogen (secondary N) is 1. The van der Waals surface area contributed by atoms with Gasteiger partial charge in [-0.15, -0.1) is 11.3 Å². The average molecular weight is 319 g/mol. The van der Waals surface area contributed by atoms with E-state index in [0.717, 1.165) is 0 Å². The standard InChI is InChI=1S/C16H17NO4S/c1-3-20-16(19)13-9-10-22-15(13)17-14(18)11(2)21-12-7-5-4-6-8-12/h4-11H,3H2,1-2H3,(H,17,18). The monoisotopic (exact) mass is 319 g/mol. The van der Waals surface area contributed by atoms with Crippen molar-refractivity contribution in [2.24, 2.45) is 0 Å². The summed E-state index contributed by atoms with van der Waals surface area (Å²) in [5.41, 5.74) is 0.354. The first kappa shape index (κ1) is 16.0. The highest BCUT2D eigenvalue weighted by Gasteiger charge is 2.20. The van der Waals surface area contributed by atoms with E-state index in [1.165, 1.54) is 11.3 Å². The lowest BCUT2D eigenvalue weighted by molar-refractivity contribution is -0.122. The van der Waals surface area contributed by atoms with Crippen LogP contribution in [0.2, 0.25) is 0 Å². The van der Waals surface area contributed by atoms with E-state index in [1.54, 1.807) is 37.4 Å². The molecule has 0 fully saturated rings. The molecule has 1 heterocycles. The molecule has 0 radical (unpaired) electrons. The van der Waals surface area contributed by atoms with Gasteiger partial charge in [0.1, 0.15) is 10.8 Å². The molecule has 1 amide bonds. The SMILES string of the molecule is CCOC(=O)c1ccsc1NC(=O)C(C)Oc1ccccc1. The molecule has 1 aromatic carbocycles. The van der Waals surface area contributed by atoms with Gasteiger partial charge in [0.25, 0.3) is 5.91 Å². The molecule has 1 unspecified atom stereocenters. The predicted molar refractivity (Wildman–Crippen MR) is 85.4 cm³/mol. The topological polar surface area (TPSA) is 64.6 Å². The molecule has 116 valence electrons. The molecule has 0 bridgehead atoms. The van der Waals surface area contributed by atoms with Crippen LogP contribution >= 0.6 is 11.3 Å². The number of hydrogen-bond acceptors (Lipinski definition) is 5. The minimum absolute atomic E-state index is 0.287. The van der Waals surface area contributed by atoms with Crippen LogP contribution in [0.4, 0.5) is 5.00 Å². The summed E-state index contributed by atoms with van der Waals surface area (Å²) in [5.74, 6) is -0.158. The van der Waals surface area contributed by atoms with Gasteiger partial charge in [-0.25, -0.2) is 4.79 Å². The van der Waals surface area contributed by atoms with Gasteiger partial charge >= 0.3 is 5.97 Å². The van der Waals surface area contributed by atoms with Crippen LogP contribution in [0.15, 0.2) is 41.8 Å². The molecule has 0 spiro atoms. The molecule has 0 saturated heterocycles. The Balaban J connectivity index is 2.00. The van der Waals surface area contributed by atoms with E-state index in [2.05, 4.69) is 5.32 Å². The highest BCUT2D eigenvalue weighted by atomic mass is 32.1. The molecule has 2 aromatic rings. The first-order chi connectivity index (χ1) is 10.6. The molecular weight excluding hydrogens is 302 g/mol. The van der Waals surface area contributed by atoms with Crippen molar-refractivity contribution in [1.82, 2.24) is 0 Å². The van der Waals surface area contributed by atoms with Gasteiger partial charge in [0.05, 0.1) is 12.2 Å². The normalized spacial score (nSPS) is 11.5. The van der Waals surface area contributed by atoms with E-state index in [9.17, 15) is 9.59 Å². The van der Waals surface area contributed by atoms with Crippen molar-refractivity contribution in [1.29, 1.82) is 0 Å². The van der Waals surface area contributed by atoms with Crippen LogP contribution < -0.4 is 10.1 Å². The maximum Gasteiger partial charge on any atom is 0.341 e. The van der Waals surface area contributed by atoms with Crippen LogP contribution in [0.25, 0.3) is 0 Å². The maximum absolute atomic E-state index is 12.2. The fraction of sp³-hybridized carbons (Fsp3) is 0.250. The second-order valence-electron chi connectivity index (χ2n) is 4.45. The third-order valence-electron chi connectivity index (χ3n) is 2.82. The molecule has 0 aliphatic carbocycles. The summed E-state index contributed by atoms with van der Waals surface area (Å²) in [6, 6.07) is 10.7. The zero-order chi connectivity index (χ0) is 15.9. The number of amides is 1. The summed E-state index contributed by atoms with van der Waals surface area (Å²) in [4.78, 5) is 23.9. The van der Waals surface area contributed by atoms with Crippen LogP contribution in [-0.2, 0) is 9.53 Å². The Bertz CT molecular complexity index is 639. The number of carbonyl (C=O) groups is 2. The van der Waals surface area contributed by atoms with Crippen molar-refractivity contribution in [3.8, 4) is 5.75 Å². The Morgan fingerprint density at radius 2 is 1.95 bits per heavy atom. The molecule has 0 aliphatic rings. The van der Waals surface area contributed by atoms with E-state index in [1.807, 2.05) is 18.2 Å². The van der Waals surface area contributed by atoms with Gasteiger partial charge in [-0.1, -0.05) is 18.2 Å². The minimum Gasteiger partial charge on any atom is -0.481 e. The molecule has 1 N–H and O–H groups in total. The number of thiophene rings is 1. The van der Waals surface area contributed by atoms with E-state index in [4.69, 9.17) is 9.47 Å². The highest BCUT2D eigenvalue weighted by Crippen LogP contribution is 2.24. The number of anilines is 1. The Kier molecular flexibility index (Phi) is 5.55. The minimum atomic E-state index is -0.681. The molecular formula is C16H17NO4S. The number of rotatable bonds is 6. The van der Waals surface area contributed by atoms with Crippen LogP contribution in [0, 0.1) is 0 Å². The number of carbonyl (C=O) groups excluding carboxylic acids is 2. The molecule has 6 heteroatoms. The Morgan fingerprint density at radius 3 is 2.64 bits per heavy atom. The number of para-hydroxylation sites is 1. The molecule has 5 nitrogen and oxygen atoms in total. The lowest BCUT2D eigenvalue weighted by Gasteiger charge is -2.14. The number of hydrogen-bond donors (Lipinski definition) is 1. The van der Waals surface area contributed by atoms with Crippen molar-refractivity contribution in [3.05, 3.63) is 47.3 Å². The number of esters is 1. The van der Waals surface area contributed by atoms with Crippen LogP contribution in [0.5, 0.6) is 5.75 Å². The van der Waals surface area contributed by atoms with Crippen molar-refractivity contribution < 1.29 is 19.1 Å². The van der Waals surface area contributed by atoms with Crippen molar-refractivity contribution in [2.75, 3.05) is 11.9 Å². The van der Waals surface area contributed by atoms with Gasteiger partial charge in [-0.2, -0.15) is 0 Å². The smallest absolute Gasteiger partial charge is 0.341 e. The summed E-state index contributed by atoms with van der Waals surface area (Å²) in [6.07, 6.45) is -0.681. The van der Waals surface area contributed by atoms with Gasteiger partial charge < -0.3 is 14.8 Å². The van der Waals surface area contributed by atoms with E-state index < -0.39 is 12.1 Å². The molecule has 0 saturated carbocycles. The van der Waals surface area contributed by atoms with Crippen LogP contribution in [0.3, 0.4) is 0 Å². The zero-order valence-electron chi connectivity index (χ0n) is 12.4. The van der Waals surface area contributed by atoms with Crippen LogP contribution in [-0.4, -0.2) is 24.6 Å². The second-order valence-corrected chi connectivity index (χ2v) is 5.36. The van der Waals surface area contributed by atoms with Gasteiger partial charge in [0.15, 0.2) is 6.10 Å². The zero-order valence-corrected chi connectivity index (χ0v) is 13.2. The van der Waals surface area contributed by atoms with Gasteiger partial charge in [0, 0.05) is 0 Å². The summed E-state index contributed by atoms with van der Waals surface area (Å²) in [5, 5.41) is 4.90. The average Bonchev–Trinajstić information content (AvgIpc) is 2.96. The third kappa shape index (κ3) is 4.08. The van der Waals surface area contributed by atoms with Crippen molar-refractivity contribution >= 4 is 28.2 Å². The van der Waals surface area contributed by atoms with Gasteiger partial charge in [-0.05, 0) is 37.4 Å². The number of ether oxygens (including phenoxy) is 2. The van der Waals surface area contributed by atoms with E-state index >= 15 is 0 Å². The fourth-order valence-electron chi connectivity index (χ4n) is 1.75. The van der Waals surface area contributed by atoms with Crippen LogP contribution in [0.1, 0.15) is 24.2 Å². The fourth-order valence-corrected chi connectivity index (χ4v) is 2.52. The van der Waals surface area contributed by atoms with E-state index in [0.29, 0.717) is 16.3 Å². The Morgan fingerprint density at radius 1 is 1.23 bits per heavy atom. The lowest BCUT2D eigenvalue weighted by atomic mass is 10.3. The third-order valence-corrected chi connectivity index (χ3v) is 3.65. The van der Waals surface area contributed by atoms with Gasteiger partial charge in [-0.3, -0.25) is 4.79 Å². The molecule has 1 atom stereocenters. The largest absolute Gasteiger partial charge is 0.481 e. The molecule has 22 heavy (non-hydrogen) atoms. The quantitative estimate of drug-likeness (QED) is 0.830. The Hall–Kier alpha value is -2.34. The van der Waals surface area contributed by atoms with Crippen molar-refractivity contribution in [3.63, 3.8) is 0 Å². The van der Waals surface area contributed by atoms with Gasteiger partial charge in [0.2, 0.25) is 0 Å². The first-order valence-corrected chi connectivity index (χ1v) is 7.77. The number of benzene rings is 1. The molecule has 1 aromatic heterocycles. The molecule has 0 aliphatic heterocycles. The Labute approximate surface area is 132 Å². The summed E-state index contributed by atoms with van der Waals surface area (Å²) in [7, 11) is 0. The summed E-state index contributed by atoms with van der Waals surface area (Å²) in [6.45, 7) is 3.67. The predicted octanol–water partition coefficient (Wildman–Crippen LogP) is 3.33. The second kappa shape index (κ2) is 7.61. The lowest BCUT2D eigenvalue weighted by Crippen LogP contribution is -2.30. The van der Waals surface area contributed by atoms with Crippen molar-refractivity contribution in [2.45, 2.75) is 20.0 Å². The molecule has 2 rings (SSSR count). The summed E-state index contributed by atoms with van der Waals surface area (Å²) < 4.78 is 10.5. The summed E-state index contributed by atoms with van der Waals surface area (Å²) >= 11 is 1.27. The van der Waals surface area contributed by atoms with E-state index in [-0.39, 0.29) is 12.5 Å².